The minimum Gasteiger partial charge on any atom is -0.150 e. The third-order valence-electron chi connectivity index (χ3n) is 11.8. The fourth-order valence-corrected chi connectivity index (χ4v) is 10.3. The monoisotopic (exact) mass is 566 g/mol. The molecule has 4 fully saturated rings. The Hall–Kier alpha value is -4.56. The van der Waals surface area contributed by atoms with Gasteiger partial charge in [-0.3, -0.25) is 0 Å². The molecule has 0 radical (unpaired) electrons. The second kappa shape index (κ2) is 9.22. The number of hydrogen-bond donors (Lipinski definition) is 0. The van der Waals surface area contributed by atoms with Crippen LogP contribution >= 0.6 is 0 Å². The van der Waals surface area contributed by atoms with Gasteiger partial charge in [-0.1, -0.05) is 103 Å². The van der Waals surface area contributed by atoms with E-state index in [0.29, 0.717) is 0 Å². The maximum atomic E-state index is 4.64. The largest absolute Gasteiger partial charge is 0.150 e. The summed E-state index contributed by atoms with van der Waals surface area (Å²) < 4.78 is 0. The summed E-state index contributed by atoms with van der Waals surface area (Å²) in [7, 11) is 0. The first-order chi connectivity index (χ1) is 21.8. The minimum atomic E-state index is 0.235. The highest BCUT2D eigenvalue weighted by Gasteiger charge is 2.61. The summed E-state index contributed by atoms with van der Waals surface area (Å²) in [5, 5.41) is 11.7. The molecule has 4 bridgehead atoms. The van der Waals surface area contributed by atoms with E-state index >= 15 is 0 Å². The van der Waals surface area contributed by atoms with Gasteiger partial charge in [0.05, 0.1) is 11.4 Å². The zero-order valence-corrected chi connectivity index (χ0v) is 24.8. The number of benzene rings is 5. The molecule has 11 rings (SSSR count). The van der Waals surface area contributed by atoms with E-state index < -0.39 is 0 Å². The molecule has 0 aliphatic heterocycles. The van der Waals surface area contributed by atoms with Gasteiger partial charge in [0.15, 0.2) is 0 Å². The van der Waals surface area contributed by atoms with Crippen molar-refractivity contribution in [2.24, 2.45) is 23.7 Å². The average molecular weight is 567 g/mol. The van der Waals surface area contributed by atoms with Crippen molar-refractivity contribution in [3.63, 3.8) is 0 Å². The Balaban J connectivity index is 0.985. The standard InChI is InChI=1S/C42H34N2/c1-2-8-34-29(6-1)7-5-10-36(34)41-19-18-40(43-44-41)30-14-12-28(13-15-30)31-16-17-39-37(25-31)35-9-3-4-11-38(35)42(39)32-21-26-20-27(23-32)24-33(42)22-26/h1-19,25-27,32-33H,20-24H2. The van der Waals surface area contributed by atoms with Crippen molar-refractivity contribution in [1.82, 2.24) is 10.2 Å². The predicted octanol–water partition coefficient (Wildman–Crippen LogP) is 10.4. The van der Waals surface area contributed by atoms with Gasteiger partial charge in [-0.15, -0.1) is 10.2 Å². The molecular formula is C42H34N2. The van der Waals surface area contributed by atoms with Crippen molar-refractivity contribution in [3.8, 4) is 44.8 Å². The van der Waals surface area contributed by atoms with Crippen molar-refractivity contribution in [2.75, 3.05) is 0 Å². The first kappa shape index (κ1) is 24.8. The van der Waals surface area contributed by atoms with Crippen LogP contribution in [-0.4, -0.2) is 10.2 Å². The zero-order valence-electron chi connectivity index (χ0n) is 24.8. The van der Waals surface area contributed by atoms with Crippen LogP contribution in [0.5, 0.6) is 0 Å². The summed E-state index contributed by atoms with van der Waals surface area (Å²) in [4.78, 5) is 0. The van der Waals surface area contributed by atoms with Crippen molar-refractivity contribution in [2.45, 2.75) is 37.5 Å². The zero-order chi connectivity index (χ0) is 28.8. The Bertz CT molecular complexity index is 2040. The first-order valence-corrected chi connectivity index (χ1v) is 16.4. The van der Waals surface area contributed by atoms with E-state index in [1.165, 1.54) is 65.1 Å². The topological polar surface area (TPSA) is 25.8 Å². The van der Waals surface area contributed by atoms with Crippen LogP contribution in [0.1, 0.15) is 43.2 Å². The Morgan fingerprint density at radius 2 is 1.07 bits per heavy atom. The number of nitrogens with zero attached hydrogens (tertiary/aromatic N) is 2. The highest BCUT2D eigenvalue weighted by molar-refractivity contribution is 5.95. The lowest BCUT2D eigenvalue weighted by Crippen LogP contribution is -2.55. The van der Waals surface area contributed by atoms with Crippen LogP contribution in [0.15, 0.2) is 121 Å². The van der Waals surface area contributed by atoms with Crippen LogP contribution in [0.3, 0.4) is 0 Å². The molecule has 5 aliphatic carbocycles. The smallest absolute Gasteiger partial charge is 0.0936 e. The molecule has 5 aromatic carbocycles. The van der Waals surface area contributed by atoms with Crippen LogP contribution in [0.2, 0.25) is 0 Å². The molecule has 2 nitrogen and oxygen atoms in total. The van der Waals surface area contributed by atoms with Gasteiger partial charge >= 0.3 is 0 Å². The fraction of sp³-hybridized carbons (Fsp3) is 0.238. The molecule has 0 N–H and O–H groups in total. The highest BCUT2D eigenvalue weighted by atomic mass is 15.1. The summed E-state index contributed by atoms with van der Waals surface area (Å²) in [6, 6.07) is 44.7. The van der Waals surface area contributed by atoms with Gasteiger partial charge in [0, 0.05) is 16.5 Å². The van der Waals surface area contributed by atoms with Crippen LogP contribution in [-0.2, 0) is 5.41 Å². The third-order valence-corrected chi connectivity index (χ3v) is 11.8. The second-order valence-corrected chi connectivity index (χ2v) is 13.9. The summed E-state index contributed by atoms with van der Waals surface area (Å²) in [6.07, 6.45) is 7.20. The van der Waals surface area contributed by atoms with E-state index in [9.17, 15) is 0 Å². The van der Waals surface area contributed by atoms with E-state index in [4.69, 9.17) is 0 Å². The molecule has 0 unspecified atom stereocenters. The predicted molar refractivity (Wildman–Crippen MR) is 179 cm³/mol. The van der Waals surface area contributed by atoms with Crippen molar-refractivity contribution in [3.05, 3.63) is 132 Å². The SMILES string of the molecule is c1ccc2c(c1)-c1cc(-c3ccc(-c4ccc(-c5cccc6ccccc56)nn4)cc3)ccc1C21C2CC3CC(C2)CC1C3. The maximum absolute atomic E-state index is 4.64. The summed E-state index contributed by atoms with van der Waals surface area (Å²) in [6.45, 7) is 0. The summed E-state index contributed by atoms with van der Waals surface area (Å²) >= 11 is 0. The highest BCUT2D eigenvalue weighted by Crippen LogP contribution is 2.69. The quantitative estimate of drug-likeness (QED) is 0.213. The Kier molecular flexibility index (Phi) is 5.21. The van der Waals surface area contributed by atoms with Crippen molar-refractivity contribution >= 4 is 10.8 Å². The lowest BCUT2D eigenvalue weighted by atomic mass is 9.43. The van der Waals surface area contributed by atoms with E-state index in [-0.39, 0.29) is 5.41 Å². The van der Waals surface area contributed by atoms with Gasteiger partial charge in [-0.2, -0.15) is 0 Å². The Morgan fingerprint density at radius 3 is 1.86 bits per heavy atom. The normalized spacial score (nSPS) is 25.8. The first-order valence-electron chi connectivity index (χ1n) is 16.4. The number of hydrogen-bond acceptors (Lipinski definition) is 2. The molecule has 1 heterocycles. The molecule has 6 aromatic rings. The number of fused-ring (bicyclic) bond motifs is 4. The summed E-state index contributed by atoms with van der Waals surface area (Å²) in [5.74, 6) is 3.55. The molecule has 0 atom stereocenters. The van der Waals surface area contributed by atoms with Crippen LogP contribution in [0.4, 0.5) is 0 Å². The van der Waals surface area contributed by atoms with E-state index in [2.05, 4.69) is 132 Å². The molecular weight excluding hydrogens is 532 g/mol. The van der Waals surface area contributed by atoms with Gasteiger partial charge in [0.1, 0.15) is 0 Å². The van der Waals surface area contributed by atoms with Crippen LogP contribution in [0, 0.1) is 23.7 Å². The fourth-order valence-electron chi connectivity index (χ4n) is 10.3. The van der Waals surface area contributed by atoms with Crippen LogP contribution < -0.4 is 0 Å². The van der Waals surface area contributed by atoms with E-state index in [0.717, 1.165) is 46.2 Å². The molecule has 1 aromatic heterocycles. The maximum Gasteiger partial charge on any atom is 0.0936 e. The number of aromatic nitrogens is 2. The lowest BCUT2D eigenvalue weighted by Gasteiger charge is -2.61. The molecule has 2 heteroatoms. The van der Waals surface area contributed by atoms with Gasteiger partial charge in [-0.25, -0.2) is 0 Å². The molecule has 212 valence electrons. The van der Waals surface area contributed by atoms with Gasteiger partial charge in [0.25, 0.3) is 0 Å². The molecule has 1 spiro atoms. The molecule has 44 heavy (non-hydrogen) atoms. The Labute approximate surface area is 258 Å². The number of rotatable bonds is 3. The second-order valence-electron chi connectivity index (χ2n) is 13.9. The van der Waals surface area contributed by atoms with Crippen LogP contribution in [0.25, 0.3) is 55.5 Å². The van der Waals surface area contributed by atoms with Crippen molar-refractivity contribution < 1.29 is 0 Å². The van der Waals surface area contributed by atoms with E-state index in [1.54, 1.807) is 11.1 Å². The van der Waals surface area contributed by atoms with Gasteiger partial charge in [0.2, 0.25) is 0 Å². The summed E-state index contributed by atoms with van der Waals surface area (Å²) in [5.41, 5.74) is 13.0. The molecule has 0 saturated heterocycles. The third kappa shape index (κ3) is 3.43. The average Bonchev–Trinajstić information content (AvgIpc) is 3.37. The van der Waals surface area contributed by atoms with Crippen molar-refractivity contribution in [1.29, 1.82) is 0 Å². The van der Waals surface area contributed by atoms with Gasteiger partial charge in [-0.05, 0) is 118 Å². The molecule has 5 aliphatic rings. The Morgan fingerprint density at radius 1 is 0.455 bits per heavy atom. The minimum absolute atomic E-state index is 0.235. The van der Waals surface area contributed by atoms with E-state index in [1.807, 2.05) is 0 Å². The molecule has 4 saturated carbocycles. The lowest BCUT2D eigenvalue weighted by molar-refractivity contribution is -0.0399. The van der Waals surface area contributed by atoms with Gasteiger partial charge < -0.3 is 0 Å². The molecule has 0 amide bonds.